The van der Waals surface area contributed by atoms with E-state index in [-0.39, 0.29) is 0 Å². The van der Waals surface area contributed by atoms with Gasteiger partial charge < -0.3 is 20.4 Å². The molecule has 0 radical (unpaired) electrons. The van der Waals surface area contributed by atoms with Crippen molar-refractivity contribution in [2.24, 2.45) is 0 Å². The topological polar surface area (TPSA) is 92.1 Å². The Balaban J connectivity index is 1.49. The fraction of sp³-hybridized carbons (Fsp3) is 0.0833. The molecule has 5 rings (SSSR count). The molecule has 1 aromatic carbocycles. The first-order valence-corrected chi connectivity index (χ1v) is 10.2. The summed E-state index contributed by atoms with van der Waals surface area (Å²) in [4.78, 5) is 18.2. The minimum Gasteiger partial charge on any atom is -0.340 e. The number of aryl methyl sites for hydroxylation is 2. The molecule has 0 fully saturated rings. The van der Waals surface area contributed by atoms with Crippen molar-refractivity contribution in [3.8, 4) is 0 Å². The summed E-state index contributed by atoms with van der Waals surface area (Å²) in [5.41, 5.74) is 4.71. The fourth-order valence-corrected chi connectivity index (χ4v) is 3.46. The number of fused-ring (bicyclic) bond motifs is 1. The zero-order valence-corrected chi connectivity index (χ0v) is 17.7. The van der Waals surface area contributed by atoms with Crippen LogP contribution in [0.5, 0.6) is 0 Å². The molecule has 4 heterocycles. The highest BCUT2D eigenvalue weighted by Crippen LogP contribution is 2.24. The van der Waals surface area contributed by atoms with E-state index < -0.39 is 0 Å². The fourth-order valence-electron chi connectivity index (χ4n) is 3.46. The van der Waals surface area contributed by atoms with Crippen LogP contribution in [0.1, 0.15) is 11.3 Å². The van der Waals surface area contributed by atoms with Crippen LogP contribution in [0.15, 0.2) is 79.3 Å². The van der Waals surface area contributed by atoms with E-state index in [2.05, 4.69) is 35.9 Å². The van der Waals surface area contributed by atoms with Crippen molar-refractivity contribution >= 4 is 40.4 Å². The van der Waals surface area contributed by atoms with Crippen LogP contribution in [0.2, 0.25) is 0 Å². The first-order valence-electron chi connectivity index (χ1n) is 10.2. The summed E-state index contributed by atoms with van der Waals surface area (Å²) in [7, 11) is 0. The van der Waals surface area contributed by atoms with E-state index in [9.17, 15) is 0 Å². The van der Waals surface area contributed by atoms with Crippen LogP contribution >= 0.6 is 0 Å². The number of benzene rings is 1. The molecule has 0 bridgehead atoms. The predicted octanol–water partition coefficient (Wildman–Crippen LogP) is 5.37. The maximum Gasteiger partial charge on any atom is 0.232 e. The Morgan fingerprint density at radius 3 is 2.22 bits per heavy atom. The summed E-state index contributed by atoms with van der Waals surface area (Å²) in [6.45, 7) is 4.00. The number of pyridine rings is 2. The van der Waals surface area contributed by atoms with Crippen molar-refractivity contribution in [3.05, 3.63) is 90.5 Å². The molecule has 8 heteroatoms. The average molecular weight is 422 g/mol. The van der Waals surface area contributed by atoms with E-state index in [4.69, 9.17) is 0 Å². The molecule has 0 unspecified atom stereocenters. The molecule has 0 aliphatic heterocycles. The van der Waals surface area contributed by atoms with Gasteiger partial charge in [-0.05, 0) is 49.7 Å². The van der Waals surface area contributed by atoms with Crippen molar-refractivity contribution in [2.45, 2.75) is 13.8 Å². The quantitative estimate of drug-likeness (QED) is 0.339. The molecular weight excluding hydrogens is 400 g/mol. The van der Waals surface area contributed by atoms with Crippen LogP contribution in [-0.4, -0.2) is 24.3 Å². The molecule has 0 saturated heterocycles. The van der Waals surface area contributed by atoms with Gasteiger partial charge in [0.2, 0.25) is 5.95 Å². The van der Waals surface area contributed by atoms with Gasteiger partial charge in [-0.3, -0.25) is 0 Å². The van der Waals surface area contributed by atoms with Crippen molar-refractivity contribution in [3.63, 3.8) is 0 Å². The molecule has 8 nitrogen and oxygen atoms in total. The number of para-hydroxylation sites is 1. The Morgan fingerprint density at radius 2 is 1.44 bits per heavy atom. The van der Waals surface area contributed by atoms with E-state index in [1.54, 1.807) is 6.20 Å². The first-order chi connectivity index (χ1) is 15.6. The predicted molar refractivity (Wildman–Crippen MR) is 127 cm³/mol. The maximum atomic E-state index is 4.65. The lowest BCUT2D eigenvalue weighted by Crippen LogP contribution is -2.05. The Morgan fingerprint density at radius 1 is 0.688 bits per heavy atom. The Bertz CT molecular complexity index is 1360. The van der Waals surface area contributed by atoms with Crippen LogP contribution in [0.25, 0.3) is 5.65 Å². The van der Waals surface area contributed by atoms with Gasteiger partial charge in [-0.15, -0.1) is 0 Å². The molecule has 158 valence electrons. The number of imidazole rings is 1. The SMILES string of the molecule is Cc1cc(C)nc(Nc2nc(Nc3ccccc3)cc(Nc3ccn4ccnc4c3)n2)c1. The number of nitrogens with zero attached hydrogens (tertiary/aromatic N) is 5. The third kappa shape index (κ3) is 4.49. The second-order valence-corrected chi connectivity index (χ2v) is 7.48. The number of aromatic nitrogens is 5. The lowest BCUT2D eigenvalue weighted by molar-refractivity contribution is 1.12. The maximum absolute atomic E-state index is 4.65. The third-order valence-corrected chi connectivity index (χ3v) is 4.78. The molecule has 0 spiro atoms. The monoisotopic (exact) mass is 422 g/mol. The van der Waals surface area contributed by atoms with Gasteiger partial charge >= 0.3 is 0 Å². The van der Waals surface area contributed by atoms with Crippen LogP contribution < -0.4 is 16.0 Å². The van der Waals surface area contributed by atoms with E-state index in [0.29, 0.717) is 23.4 Å². The summed E-state index contributed by atoms with van der Waals surface area (Å²) in [5, 5.41) is 9.93. The smallest absolute Gasteiger partial charge is 0.232 e. The van der Waals surface area contributed by atoms with Gasteiger partial charge in [-0.25, -0.2) is 9.97 Å². The lowest BCUT2D eigenvalue weighted by Gasteiger charge is -2.13. The van der Waals surface area contributed by atoms with E-state index in [1.165, 1.54) is 0 Å². The number of hydrogen-bond acceptors (Lipinski definition) is 7. The highest BCUT2D eigenvalue weighted by atomic mass is 15.2. The van der Waals surface area contributed by atoms with Crippen molar-refractivity contribution in [1.82, 2.24) is 24.3 Å². The van der Waals surface area contributed by atoms with Gasteiger partial charge in [0.15, 0.2) is 0 Å². The molecule has 0 aliphatic carbocycles. The summed E-state index contributed by atoms with van der Waals surface area (Å²) in [6.07, 6.45) is 5.63. The van der Waals surface area contributed by atoms with Gasteiger partial charge in [0, 0.05) is 47.8 Å². The molecule has 5 aromatic rings. The highest BCUT2D eigenvalue weighted by Gasteiger charge is 2.08. The molecule has 4 aromatic heterocycles. The van der Waals surface area contributed by atoms with E-state index in [1.807, 2.05) is 91.3 Å². The largest absolute Gasteiger partial charge is 0.340 e. The summed E-state index contributed by atoms with van der Waals surface area (Å²) in [6, 6.07) is 19.7. The van der Waals surface area contributed by atoms with Crippen molar-refractivity contribution < 1.29 is 0 Å². The Kier molecular flexibility index (Phi) is 5.09. The van der Waals surface area contributed by atoms with Gasteiger partial charge in [-0.2, -0.15) is 9.97 Å². The number of nitrogens with one attached hydrogen (secondary N) is 3. The average Bonchev–Trinajstić information content (AvgIpc) is 3.21. The van der Waals surface area contributed by atoms with Gasteiger partial charge in [0.1, 0.15) is 23.1 Å². The summed E-state index contributed by atoms with van der Waals surface area (Å²) < 4.78 is 1.95. The molecular formula is C24H22N8. The zero-order chi connectivity index (χ0) is 21.9. The molecule has 3 N–H and O–H groups in total. The van der Waals surface area contributed by atoms with Gasteiger partial charge in [0.05, 0.1) is 0 Å². The van der Waals surface area contributed by atoms with Gasteiger partial charge in [0.25, 0.3) is 0 Å². The van der Waals surface area contributed by atoms with Crippen LogP contribution in [0, 0.1) is 13.8 Å². The number of hydrogen-bond donors (Lipinski definition) is 3. The number of rotatable bonds is 6. The van der Waals surface area contributed by atoms with E-state index >= 15 is 0 Å². The lowest BCUT2D eigenvalue weighted by atomic mass is 10.2. The minimum atomic E-state index is 0.438. The standard InChI is InChI=1S/C24H22N8/c1-16-12-17(2)26-20(13-16)29-24-30-21(27-18-6-4-3-5-7-18)15-22(31-24)28-19-8-10-32-11-9-25-23(32)14-19/h3-15H,1-2H3,(H3,26,27,28,29,30,31). The van der Waals surface area contributed by atoms with Crippen LogP contribution in [0.3, 0.4) is 0 Å². The van der Waals surface area contributed by atoms with Crippen LogP contribution in [-0.2, 0) is 0 Å². The molecule has 0 amide bonds. The normalized spacial score (nSPS) is 10.8. The second kappa shape index (κ2) is 8.35. The van der Waals surface area contributed by atoms with Crippen molar-refractivity contribution in [1.29, 1.82) is 0 Å². The Labute approximate surface area is 185 Å². The molecule has 0 atom stereocenters. The molecule has 0 aliphatic rings. The minimum absolute atomic E-state index is 0.438. The summed E-state index contributed by atoms with van der Waals surface area (Å²) in [5.74, 6) is 2.43. The highest BCUT2D eigenvalue weighted by molar-refractivity contribution is 5.67. The third-order valence-electron chi connectivity index (χ3n) is 4.78. The second-order valence-electron chi connectivity index (χ2n) is 7.48. The first kappa shape index (κ1) is 19.5. The molecule has 32 heavy (non-hydrogen) atoms. The number of anilines is 6. The molecule has 0 saturated carbocycles. The van der Waals surface area contributed by atoms with Crippen LogP contribution in [0.4, 0.5) is 34.8 Å². The zero-order valence-electron chi connectivity index (χ0n) is 17.7. The summed E-state index contributed by atoms with van der Waals surface area (Å²) >= 11 is 0. The van der Waals surface area contributed by atoms with Gasteiger partial charge in [-0.1, -0.05) is 18.2 Å². The Hall–Kier alpha value is -4.46. The van der Waals surface area contributed by atoms with E-state index in [0.717, 1.165) is 28.3 Å². The van der Waals surface area contributed by atoms with Crippen molar-refractivity contribution in [2.75, 3.05) is 16.0 Å².